The van der Waals surface area contributed by atoms with Crippen molar-refractivity contribution in [2.24, 2.45) is 0 Å². The van der Waals surface area contributed by atoms with Gasteiger partial charge in [-0.15, -0.1) is 5.10 Å². The number of amides is 1. The first-order chi connectivity index (χ1) is 18.3. The zero-order valence-corrected chi connectivity index (χ0v) is 23.1. The first kappa shape index (κ1) is 28.4. The summed E-state index contributed by atoms with van der Waals surface area (Å²) in [5.74, 6) is -0.467. The third-order valence-electron chi connectivity index (χ3n) is 6.43. The van der Waals surface area contributed by atoms with Gasteiger partial charge in [-0.3, -0.25) is 4.79 Å². The minimum Gasteiger partial charge on any atom is -0.494 e. The second-order valence-electron chi connectivity index (χ2n) is 10.0. The highest BCUT2D eigenvalue weighted by Crippen LogP contribution is 2.37. The largest absolute Gasteiger partial charge is 0.494 e. The summed E-state index contributed by atoms with van der Waals surface area (Å²) in [5.41, 5.74) is -0.124. The summed E-state index contributed by atoms with van der Waals surface area (Å²) < 4.78 is 19.0. The molecule has 1 unspecified atom stereocenters. The molecule has 8 nitrogen and oxygen atoms in total. The fourth-order valence-corrected chi connectivity index (χ4v) is 4.56. The Balaban J connectivity index is 1.67. The van der Waals surface area contributed by atoms with E-state index in [-0.39, 0.29) is 23.0 Å². The maximum Gasteiger partial charge on any atom is 0.251 e. The van der Waals surface area contributed by atoms with Crippen LogP contribution in [0.2, 0.25) is 5.02 Å². The number of aryl methyl sites for hydroxylation is 1. The molecule has 4 rings (SSSR count). The molecule has 39 heavy (non-hydrogen) atoms. The number of hydrogen-bond acceptors (Lipinski definition) is 7. The molecule has 3 N–H and O–H groups in total. The molecule has 0 bridgehead atoms. The van der Waals surface area contributed by atoms with Gasteiger partial charge in [-0.2, -0.15) is 5.10 Å². The SMILES string of the molecule is CCc1cc2cc(C(=O)NCC(C)(O)c3cc(C(C)(C)O)c(Cl)c(-c4ccc(F)cc4)n3)cc(OC)c2nn1. The molecule has 4 aromatic rings. The fraction of sp³-hybridized carbons (Fsp3) is 0.310. The highest BCUT2D eigenvalue weighted by molar-refractivity contribution is 6.34. The maximum absolute atomic E-state index is 13.5. The van der Waals surface area contributed by atoms with E-state index in [1.165, 1.54) is 44.4 Å². The lowest BCUT2D eigenvalue weighted by Gasteiger charge is -2.28. The number of pyridine rings is 1. The van der Waals surface area contributed by atoms with Gasteiger partial charge in [-0.05, 0) is 75.7 Å². The van der Waals surface area contributed by atoms with Gasteiger partial charge in [-0.25, -0.2) is 9.37 Å². The van der Waals surface area contributed by atoms with E-state index >= 15 is 0 Å². The average Bonchev–Trinajstić information content (AvgIpc) is 2.90. The number of nitrogens with zero attached hydrogens (tertiary/aromatic N) is 3. The molecule has 0 aliphatic heterocycles. The van der Waals surface area contributed by atoms with Gasteiger partial charge in [-0.1, -0.05) is 18.5 Å². The van der Waals surface area contributed by atoms with Crippen molar-refractivity contribution in [1.29, 1.82) is 0 Å². The third kappa shape index (κ3) is 6.00. The average molecular weight is 553 g/mol. The molecule has 0 fully saturated rings. The molecule has 0 aliphatic rings. The van der Waals surface area contributed by atoms with Crippen LogP contribution < -0.4 is 10.1 Å². The van der Waals surface area contributed by atoms with E-state index in [1.807, 2.05) is 13.0 Å². The second-order valence-corrected chi connectivity index (χ2v) is 10.4. The number of halogens is 2. The predicted octanol–water partition coefficient (Wildman–Crippen LogP) is 4.92. The van der Waals surface area contributed by atoms with E-state index < -0.39 is 22.9 Å². The van der Waals surface area contributed by atoms with Crippen LogP contribution in [-0.2, 0) is 17.6 Å². The quantitative estimate of drug-likeness (QED) is 0.284. The summed E-state index contributed by atoms with van der Waals surface area (Å²) >= 11 is 6.61. The number of benzene rings is 2. The number of nitrogens with one attached hydrogen (secondary N) is 1. The minimum atomic E-state index is -1.66. The van der Waals surface area contributed by atoms with E-state index in [1.54, 1.807) is 26.0 Å². The summed E-state index contributed by atoms with van der Waals surface area (Å²) in [7, 11) is 1.49. The molecule has 1 atom stereocenters. The smallest absolute Gasteiger partial charge is 0.251 e. The number of hydrogen-bond donors (Lipinski definition) is 3. The van der Waals surface area contributed by atoms with E-state index in [4.69, 9.17) is 16.3 Å². The van der Waals surface area contributed by atoms with Crippen LogP contribution in [0.25, 0.3) is 22.2 Å². The Morgan fingerprint density at radius 1 is 1.08 bits per heavy atom. The molecule has 10 heteroatoms. The number of carbonyl (C=O) groups is 1. The van der Waals surface area contributed by atoms with E-state index in [0.717, 1.165) is 5.69 Å². The van der Waals surface area contributed by atoms with E-state index in [2.05, 4.69) is 20.5 Å². The number of carbonyl (C=O) groups excluding carboxylic acids is 1. The van der Waals surface area contributed by atoms with Gasteiger partial charge in [0.15, 0.2) is 0 Å². The van der Waals surface area contributed by atoms with Crippen LogP contribution in [0.15, 0.2) is 48.5 Å². The fourth-order valence-electron chi connectivity index (χ4n) is 4.12. The number of aromatic nitrogens is 3. The maximum atomic E-state index is 13.5. The van der Waals surface area contributed by atoms with Gasteiger partial charge in [0.25, 0.3) is 5.91 Å². The van der Waals surface area contributed by atoms with Gasteiger partial charge in [0.1, 0.15) is 22.7 Å². The lowest BCUT2D eigenvalue weighted by atomic mass is 9.91. The van der Waals surface area contributed by atoms with Crippen LogP contribution >= 0.6 is 11.6 Å². The third-order valence-corrected chi connectivity index (χ3v) is 6.81. The summed E-state index contributed by atoms with van der Waals surface area (Å²) in [4.78, 5) is 17.7. The monoisotopic (exact) mass is 552 g/mol. The highest BCUT2D eigenvalue weighted by atomic mass is 35.5. The summed E-state index contributed by atoms with van der Waals surface area (Å²) in [6, 6.07) is 12.2. The van der Waals surface area contributed by atoms with Crippen LogP contribution in [0.1, 0.15) is 55.0 Å². The molecular formula is C29H30ClFN4O4. The van der Waals surface area contributed by atoms with Crippen LogP contribution in [0.3, 0.4) is 0 Å². The Labute approximate surface area is 230 Å². The van der Waals surface area contributed by atoms with Crippen molar-refractivity contribution in [3.63, 3.8) is 0 Å². The van der Waals surface area contributed by atoms with E-state index in [0.29, 0.717) is 39.8 Å². The standard InChI is InChI=1S/C29H30ClFN4O4/c1-6-20-12-17-11-18(13-22(39-5)25(17)35-34-20)27(36)32-15-29(4,38)23-14-21(28(2,3)37)24(30)26(33-23)16-7-9-19(31)10-8-16/h7-14,37-38H,6,15H2,1-5H3,(H,32,36). The topological polar surface area (TPSA) is 117 Å². The summed E-state index contributed by atoms with van der Waals surface area (Å²) in [6.07, 6.45) is 0.686. The van der Waals surface area contributed by atoms with Gasteiger partial charge in [0, 0.05) is 22.1 Å². The first-order valence-electron chi connectivity index (χ1n) is 12.4. The zero-order valence-electron chi connectivity index (χ0n) is 22.3. The van der Waals surface area contributed by atoms with Crippen molar-refractivity contribution < 1.29 is 24.1 Å². The Morgan fingerprint density at radius 3 is 2.38 bits per heavy atom. The van der Waals surface area contributed by atoms with Gasteiger partial charge >= 0.3 is 0 Å². The molecule has 0 spiro atoms. The number of methoxy groups -OCH3 is 1. The van der Waals surface area contributed by atoms with Crippen molar-refractivity contribution in [3.8, 4) is 17.0 Å². The first-order valence-corrected chi connectivity index (χ1v) is 12.8. The number of fused-ring (bicyclic) bond motifs is 1. The van der Waals surface area contributed by atoms with Crippen molar-refractivity contribution in [3.05, 3.63) is 81.9 Å². The summed E-state index contributed by atoms with van der Waals surface area (Å²) in [5, 5.41) is 34.2. The molecular weight excluding hydrogens is 523 g/mol. The minimum absolute atomic E-state index is 0.169. The zero-order chi connectivity index (χ0) is 28.5. The molecule has 2 aromatic carbocycles. The molecule has 2 aromatic heterocycles. The van der Waals surface area contributed by atoms with Crippen molar-refractivity contribution in [1.82, 2.24) is 20.5 Å². The second kappa shape index (κ2) is 10.8. The number of rotatable bonds is 8. The molecule has 0 aliphatic carbocycles. The molecule has 0 saturated carbocycles. The van der Waals surface area contributed by atoms with Crippen LogP contribution in [-0.4, -0.2) is 45.0 Å². The number of aliphatic hydroxyl groups is 2. The Hall–Kier alpha value is -3.66. The summed E-state index contributed by atoms with van der Waals surface area (Å²) in [6.45, 7) is 6.37. The highest BCUT2D eigenvalue weighted by Gasteiger charge is 2.31. The van der Waals surface area contributed by atoms with Crippen molar-refractivity contribution in [2.75, 3.05) is 13.7 Å². The van der Waals surface area contributed by atoms with Gasteiger partial charge in [0.2, 0.25) is 0 Å². The normalized spacial score (nSPS) is 13.3. The van der Waals surface area contributed by atoms with Gasteiger partial charge < -0.3 is 20.3 Å². The van der Waals surface area contributed by atoms with Crippen molar-refractivity contribution >= 4 is 28.4 Å². The molecule has 0 saturated heterocycles. The Bertz CT molecular complexity index is 1540. The lowest BCUT2D eigenvalue weighted by molar-refractivity contribution is 0.0475. The van der Waals surface area contributed by atoms with E-state index in [9.17, 15) is 19.4 Å². The van der Waals surface area contributed by atoms with Crippen LogP contribution in [0, 0.1) is 5.82 Å². The van der Waals surface area contributed by atoms with Crippen molar-refractivity contribution in [2.45, 2.75) is 45.3 Å². The van der Waals surface area contributed by atoms with Gasteiger partial charge in [0.05, 0.1) is 41.4 Å². The predicted molar refractivity (Wildman–Crippen MR) is 147 cm³/mol. The van der Waals surface area contributed by atoms with Crippen LogP contribution in [0.4, 0.5) is 4.39 Å². The molecule has 2 heterocycles. The molecule has 0 radical (unpaired) electrons. The Kier molecular flexibility index (Phi) is 7.88. The Morgan fingerprint density at radius 2 is 1.77 bits per heavy atom. The molecule has 1 amide bonds. The lowest BCUT2D eigenvalue weighted by Crippen LogP contribution is -2.39. The number of ether oxygens (including phenoxy) is 1. The molecule has 204 valence electrons. The van der Waals surface area contributed by atoms with Crippen LogP contribution in [0.5, 0.6) is 5.75 Å².